The molecule has 0 spiro atoms. The van der Waals surface area contributed by atoms with Crippen molar-refractivity contribution in [1.82, 2.24) is 5.32 Å². The van der Waals surface area contributed by atoms with Crippen molar-refractivity contribution in [1.29, 1.82) is 0 Å². The molecule has 3 heteroatoms. The van der Waals surface area contributed by atoms with Gasteiger partial charge in [0, 0.05) is 18.5 Å². The minimum atomic E-state index is -0.703. The highest BCUT2D eigenvalue weighted by Gasteiger charge is 2.19. The lowest BCUT2D eigenvalue weighted by molar-refractivity contribution is -0.137. The monoisotopic (exact) mass is 261 g/mol. The third kappa shape index (κ3) is 5.03. The summed E-state index contributed by atoms with van der Waals surface area (Å²) in [6, 6.07) is 11.2. The minimum Gasteiger partial charge on any atom is -0.481 e. The van der Waals surface area contributed by atoms with Gasteiger partial charge >= 0.3 is 5.97 Å². The van der Waals surface area contributed by atoms with Gasteiger partial charge in [0.2, 0.25) is 0 Å². The summed E-state index contributed by atoms with van der Waals surface area (Å²) < 4.78 is 0. The molecule has 3 nitrogen and oxygen atoms in total. The van der Waals surface area contributed by atoms with Gasteiger partial charge in [-0.05, 0) is 31.2 Å². The minimum absolute atomic E-state index is 0.247. The third-order valence-electron chi connectivity index (χ3n) is 3.86. The first-order chi connectivity index (χ1) is 9.24. The Morgan fingerprint density at radius 3 is 2.58 bits per heavy atom. The highest BCUT2D eigenvalue weighted by atomic mass is 16.4. The molecule has 1 aliphatic rings. The van der Waals surface area contributed by atoms with E-state index in [2.05, 4.69) is 17.4 Å². The zero-order chi connectivity index (χ0) is 13.5. The zero-order valence-corrected chi connectivity index (χ0v) is 11.3. The van der Waals surface area contributed by atoms with Crippen LogP contribution in [0.15, 0.2) is 30.3 Å². The van der Waals surface area contributed by atoms with E-state index in [1.165, 1.54) is 31.2 Å². The molecule has 2 rings (SSSR count). The fourth-order valence-corrected chi connectivity index (χ4v) is 2.87. The number of aliphatic carboxylic acids is 1. The lowest BCUT2D eigenvalue weighted by Gasteiger charge is -2.22. The standard InChI is InChI=1S/C16H23NO2/c18-16(19)11-10-15(17-14-8-4-5-9-14)12-13-6-2-1-3-7-13/h1-3,6-7,14-15,17H,4-5,8-12H2,(H,18,19). The van der Waals surface area contributed by atoms with E-state index in [9.17, 15) is 4.79 Å². The van der Waals surface area contributed by atoms with Crippen molar-refractivity contribution in [3.8, 4) is 0 Å². The second kappa shape index (κ2) is 7.29. The predicted octanol–water partition coefficient (Wildman–Crippen LogP) is 2.99. The first-order valence-electron chi connectivity index (χ1n) is 7.26. The van der Waals surface area contributed by atoms with E-state index in [0.29, 0.717) is 12.5 Å². The summed E-state index contributed by atoms with van der Waals surface area (Å²) >= 11 is 0. The molecule has 1 unspecified atom stereocenters. The molecular weight excluding hydrogens is 238 g/mol. The Labute approximate surface area is 115 Å². The summed E-state index contributed by atoms with van der Waals surface area (Å²) in [5, 5.41) is 12.5. The van der Waals surface area contributed by atoms with Gasteiger partial charge in [0.15, 0.2) is 0 Å². The van der Waals surface area contributed by atoms with Crippen LogP contribution >= 0.6 is 0 Å². The molecule has 0 saturated heterocycles. The molecule has 0 aliphatic heterocycles. The number of nitrogens with one attached hydrogen (secondary N) is 1. The van der Waals surface area contributed by atoms with Crippen molar-refractivity contribution in [2.75, 3.05) is 0 Å². The van der Waals surface area contributed by atoms with Gasteiger partial charge in [-0.25, -0.2) is 0 Å². The van der Waals surface area contributed by atoms with Crippen LogP contribution in [0.4, 0.5) is 0 Å². The van der Waals surface area contributed by atoms with Gasteiger partial charge in [0.1, 0.15) is 0 Å². The van der Waals surface area contributed by atoms with Crippen LogP contribution in [0.3, 0.4) is 0 Å². The molecule has 1 fully saturated rings. The van der Waals surface area contributed by atoms with Crippen LogP contribution in [0.2, 0.25) is 0 Å². The Hall–Kier alpha value is -1.35. The molecule has 1 atom stereocenters. The Morgan fingerprint density at radius 2 is 1.95 bits per heavy atom. The molecule has 1 aliphatic carbocycles. The Morgan fingerprint density at radius 1 is 1.26 bits per heavy atom. The van der Waals surface area contributed by atoms with Crippen LogP contribution in [-0.4, -0.2) is 23.2 Å². The lowest BCUT2D eigenvalue weighted by Crippen LogP contribution is -2.38. The van der Waals surface area contributed by atoms with Crippen molar-refractivity contribution in [2.45, 2.75) is 57.0 Å². The SMILES string of the molecule is O=C(O)CCC(Cc1ccccc1)NC1CCCC1. The maximum atomic E-state index is 10.8. The molecular formula is C16H23NO2. The van der Waals surface area contributed by atoms with Crippen molar-refractivity contribution < 1.29 is 9.90 Å². The topological polar surface area (TPSA) is 49.3 Å². The van der Waals surface area contributed by atoms with Crippen molar-refractivity contribution in [2.24, 2.45) is 0 Å². The largest absolute Gasteiger partial charge is 0.481 e. The quantitative estimate of drug-likeness (QED) is 0.793. The summed E-state index contributed by atoms with van der Waals surface area (Å²) in [5.74, 6) is -0.703. The predicted molar refractivity (Wildman–Crippen MR) is 76.2 cm³/mol. The van der Waals surface area contributed by atoms with Gasteiger partial charge in [0.25, 0.3) is 0 Å². The maximum absolute atomic E-state index is 10.8. The van der Waals surface area contributed by atoms with E-state index in [1.54, 1.807) is 0 Å². The summed E-state index contributed by atoms with van der Waals surface area (Å²) in [7, 11) is 0. The number of benzene rings is 1. The fourth-order valence-electron chi connectivity index (χ4n) is 2.87. The van der Waals surface area contributed by atoms with Crippen molar-refractivity contribution >= 4 is 5.97 Å². The molecule has 1 aromatic rings. The van der Waals surface area contributed by atoms with Gasteiger partial charge in [-0.2, -0.15) is 0 Å². The summed E-state index contributed by atoms with van der Waals surface area (Å²) in [6.07, 6.45) is 6.95. The van der Waals surface area contributed by atoms with Crippen LogP contribution in [0, 0.1) is 0 Å². The Balaban J connectivity index is 1.90. The summed E-state index contributed by atoms with van der Waals surface area (Å²) in [6.45, 7) is 0. The average molecular weight is 261 g/mol. The maximum Gasteiger partial charge on any atom is 0.303 e. The number of carboxylic acid groups (broad SMARTS) is 1. The first kappa shape index (κ1) is 14.1. The van der Waals surface area contributed by atoms with Crippen LogP contribution in [0.1, 0.15) is 44.1 Å². The van der Waals surface area contributed by atoms with Gasteiger partial charge in [-0.3, -0.25) is 4.79 Å². The molecule has 0 amide bonds. The first-order valence-corrected chi connectivity index (χ1v) is 7.26. The van der Waals surface area contributed by atoms with E-state index in [4.69, 9.17) is 5.11 Å². The second-order valence-electron chi connectivity index (χ2n) is 5.47. The summed E-state index contributed by atoms with van der Waals surface area (Å²) in [4.78, 5) is 10.8. The van der Waals surface area contributed by atoms with Crippen molar-refractivity contribution in [3.05, 3.63) is 35.9 Å². The van der Waals surface area contributed by atoms with E-state index in [1.807, 2.05) is 18.2 Å². The molecule has 0 heterocycles. The van der Waals surface area contributed by atoms with Gasteiger partial charge < -0.3 is 10.4 Å². The van der Waals surface area contributed by atoms with Crippen molar-refractivity contribution in [3.63, 3.8) is 0 Å². The van der Waals surface area contributed by atoms with Gasteiger partial charge in [-0.1, -0.05) is 43.2 Å². The molecule has 19 heavy (non-hydrogen) atoms. The number of hydrogen-bond acceptors (Lipinski definition) is 2. The Kier molecular flexibility index (Phi) is 5.40. The highest BCUT2D eigenvalue weighted by molar-refractivity contribution is 5.66. The number of carbonyl (C=O) groups is 1. The highest BCUT2D eigenvalue weighted by Crippen LogP contribution is 2.20. The smallest absolute Gasteiger partial charge is 0.303 e. The summed E-state index contributed by atoms with van der Waals surface area (Å²) in [5.41, 5.74) is 1.28. The number of rotatable bonds is 7. The molecule has 104 valence electrons. The molecule has 0 bridgehead atoms. The third-order valence-corrected chi connectivity index (χ3v) is 3.86. The normalized spacial score (nSPS) is 17.5. The fraction of sp³-hybridized carbons (Fsp3) is 0.562. The van der Waals surface area contributed by atoms with E-state index in [0.717, 1.165) is 6.42 Å². The molecule has 2 N–H and O–H groups in total. The zero-order valence-electron chi connectivity index (χ0n) is 11.3. The van der Waals surface area contributed by atoms with E-state index < -0.39 is 5.97 Å². The van der Waals surface area contributed by atoms with Crippen LogP contribution in [0.5, 0.6) is 0 Å². The second-order valence-corrected chi connectivity index (χ2v) is 5.47. The van der Waals surface area contributed by atoms with E-state index >= 15 is 0 Å². The van der Waals surface area contributed by atoms with Gasteiger partial charge in [0.05, 0.1) is 0 Å². The lowest BCUT2D eigenvalue weighted by atomic mass is 10.0. The molecule has 1 aromatic carbocycles. The number of hydrogen-bond donors (Lipinski definition) is 2. The number of carboxylic acids is 1. The van der Waals surface area contributed by atoms with E-state index in [-0.39, 0.29) is 12.5 Å². The van der Waals surface area contributed by atoms with Crippen LogP contribution in [0.25, 0.3) is 0 Å². The molecule has 0 aromatic heterocycles. The van der Waals surface area contributed by atoms with Gasteiger partial charge in [-0.15, -0.1) is 0 Å². The average Bonchev–Trinajstić information content (AvgIpc) is 2.90. The molecule has 0 radical (unpaired) electrons. The molecule has 1 saturated carbocycles. The van der Waals surface area contributed by atoms with Crippen LogP contribution in [-0.2, 0) is 11.2 Å². The Bertz CT molecular complexity index is 385. The van der Waals surface area contributed by atoms with Crippen LogP contribution < -0.4 is 5.32 Å².